The predicted octanol–water partition coefficient (Wildman–Crippen LogP) is 3.20. The van der Waals surface area contributed by atoms with Crippen molar-refractivity contribution in [3.05, 3.63) is 75.7 Å². The molecular weight excluding hydrogens is 356 g/mol. The summed E-state index contributed by atoms with van der Waals surface area (Å²) in [4.78, 5) is 39.4. The van der Waals surface area contributed by atoms with Crippen LogP contribution in [-0.4, -0.2) is 23.0 Å². The Hall–Kier alpha value is -3.41. The van der Waals surface area contributed by atoms with Crippen LogP contribution in [0.4, 0.5) is 5.69 Å². The highest BCUT2D eigenvalue weighted by molar-refractivity contribution is 5.98. The number of carbonyl (C=O) groups is 2. The van der Waals surface area contributed by atoms with Crippen LogP contribution in [0.3, 0.4) is 0 Å². The van der Waals surface area contributed by atoms with Gasteiger partial charge in [-0.25, -0.2) is 4.79 Å². The van der Waals surface area contributed by atoms with Gasteiger partial charge in [-0.1, -0.05) is 24.3 Å². The van der Waals surface area contributed by atoms with Gasteiger partial charge in [0.25, 0.3) is 11.5 Å². The van der Waals surface area contributed by atoms with Crippen molar-refractivity contribution >= 4 is 28.3 Å². The number of aromatic amines is 1. The van der Waals surface area contributed by atoms with Gasteiger partial charge >= 0.3 is 5.97 Å². The van der Waals surface area contributed by atoms with E-state index in [4.69, 9.17) is 4.74 Å². The maximum atomic E-state index is 12.4. The summed E-state index contributed by atoms with van der Waals surface area (Å²) in [5.41, 5.74) is 2.89. The van der Waals surface area contributed by atoms with Gasteiger partial charge in [0.05, 0.1) is 0 Å². The molecule has 3 aromatic rings. The van der Waals surface area contributed by atoms with Gasteiger partial charge in [0, 0.05) is 11.1 Å². The first-order valence-electron chi connectivity index (χ1n) is 9.27. The Bertz CT molecular complexity index is 1130. The molecule has 1 amide bonds. The summed E-state index contributed by atoms with van der Waals surface area (Å²) < 4.78 is 5.25. The molecule has 1 atom stereocenters. The van der Waals surface area contributed by atoms with Crippen molar-refractivity contribution in [1.29, 1.82) is 0 Å². The average Bonchev–Trinajstić information content (AvgIpc) is 3.15. The topological polar surface area (TPSA) is 88.3 Å². The first kappa shape index (κ1) is 18.0. The summed E-state index contributed by atoms with van der Waals surface area (Å²) in [6, 6.07) is 14.3. The Morgan fingerprint density at radius 2 is 1.86 bits per heavy atom. The Morgan fingerprint density at radius 3 is 2.71 bits per heavy atom. The summed E-state index contributed by atoms with van der Waals surface area (Å²) in [7, 11) is 0. The van der Waals surface area contributed by atoms with Crippen molar-refractivity contribution in [1.82, 2.24) is 4.98 Å². The smallest absolute Gasteiger partial charge is 0.355 e. The molecule has 0 unspecified atom stereocenters. The van der Waals surface area contributed by atoms with E-state index in [2.05, 4.69) is 10.3 Å². The Morgan fingerprint density at radius 1 is 1.07 bits per heavy atom. The molecule has 0 fully saturated rings. The van der Waals surface area contributed by atoms with Crippen molar-refractivity contribution in [3.63, 3.8) is 0 Å². The maximum Gasteiger partial charge on any atom is 0.355 e. The normalized spacial score (nSPS) is 13.8. The molecule has 1 aromatic heterocycles. The molecule has 4 rings (SSSR count). The molecule has 0 bridgehead atoms. The molecule has 0 aliphatic heterocycles. The van der Waals surface area contributed by atoms with Gasteiger partial charge < -0.3 is 15.0 Å². The number of hydrogen-bond acceptors (Lipinski definition) is 4. The lowest BCUT2D eigenvalue weighted by Crippen LogP contribution is -2.30. The number of aromatic nitrogens is 1. The van der Waals surface area contributed by atoms with Crippen LogP contribution in [0.2, 0.25) is 0 Å². The van der Waals surface area contributed by atoms with Gasteiger partial charge in [-0.3, -0.25) is 9.59 Å². The van der Waals surface area contributed by atoms with Crippen LogP contribution >= 0.6 is 0 Å². The van der Waals surface area contributed by atoms with Crippen molar-refractivity contribution in [2.75, 3.05) is 5.32 Å². The predicted molar refractivity (Wildman–Crippen MR) is 107 cm³/mol. The van der Waals surface area contributed by atoms with Crippen LogP contribution < -0.4 is 10.9 Å². The molecule has 142 valence electrons. The molecule has 2 aromatic carbocycles. The number of anilines is 1. The lowest BCUT2D eigenvalue weighted by molar-refractivity contribution is -0.123. The third-order valence-electron chi connectivity index (χ3n) is 4.99. The fraction of sp³-hybridized carbons (Fsp3) is 0.227. The second-order valence-corrected chi connectivity index (χ2v) is 6.97. The maximum absolute atomic E-state index is 12.4. The largest absolute Gasteiger partial charge is 0.448 e. The third kappa shape index (κ3) is 3.53. The molecule has 0 saturated carbocycles. The van der Waals surface area contributed by atoms with E-state index >= 15 is 0 Å². The monoisotopic (exact) mass is 376 g/mol. The summed E-state index contributed by atoms with van der Waals surface area (Å²) in [6.45, 7) is 1.50. The lowest BCUT2D eigenvalue weighted by atomic mass is 10.1. The number of amides is 1. The number of esters is 1. The molecule has 1 heterocycles. The number of pyridine rings is 1. The number of nitrogens with one attached hydrogen (secondary N) is 2. The number of fused-ring (bicyclic) bond motifs is 2. The van der Waals surface area contributed by atoms with E-state index in [1.165, 1.54) is 18.1 Å². The van der Waals surface area contributed by atoms with Crippen LogP contribution in [0.15, 0.2) is 53.3 Å². The highest BCUT2D eigenvalue weighted by atomic mass is 16.5. The highest BCUT2D eigenvalue weighted by Gasteiger charge is 2.21. The molecular formula is C22H20N2O4. The van der Waals surface area contributed by atoms with E-state index in [0.29, 0.717) is 16.5 Å². The van der Waals surface area contributed by atoms with Crippen molar-refractivity contribution in [3.8, 4) is 0 Å². The summed E-state index contributed by atoms with van der Waals surface area (Å²) >= 11 is 0. The molecule has 0 radical (unpaired) electrons. The van der Waals surface area contributed by atoms with E-state index in [-0.39, 0.29) is 11.3 Å². The second kappa shape index (κ2) is 7.31. The van der Waals surface area contributed by atoms with Gasteiger partial charge in [0.1, 0.15) is 5.69 Å². The Balaban J connectivity index is 1.45. The van der Waals surface area contributed by atoms with Gasteiger partial charge in [-0.2, -0.15) is 0 Å². The number of H-pyrrole nitrogens is 1. The molecule has 28 heavy (non-hydrogen) atoms. The van der Waals surface area contributed by atoms with Crippen LogP contribution in [-0.2, 0) is 22.4 Å². The number of hydrogen-bond donors (Lipinski definition) is 2. The van der Waals surface area contributed by atoms with Gasteiger partial charge in [-0.15, -0.1) is 0 Å². The molecule has 1 aliphatic carbocycles. The number of carbonyl (C=O) groups excluding carboxylic acids is 2. The molecule has 6 heteroatoms. The molecule has 2 N–H and O–H groups in total. The third-order valence-corrected chi connectivity index (χ3v) is 4.99. The van der Waals surface area contributed by atoms with Crippen LogP contribution in [0.25, 0.3) is 10.8 Å². The first-order valence-corrected chi connectivity index (χ1v) is 9.27. The van der Waals surface area contributed by atoms with E-state index < -0.39 is 18.0 Å². The first-order chi connectivity index (χ1) is 13.5. The minimum atomic E-state index is -1.00. The fourth-order valence-corrected chi connectivity index (χ4v) is 3.49. The minimum Gasteiger partial charge on any atom is -0.448 e. The van der Waals surface area contributed by atoms with Crippen LogP contribution in [0.1, 0.15) is 35.0 Å². The van der Waals surface area contributed by atoms with Crippen molar-refractivity contribution in [2.24, 2.45) is 0 Å². The van der Waals surface area contributed by atoms with E-state index in [1.807, 2.05) is 18.2 Å². The summed E-state index contributed by atoms with van der Waals surface area (Å²) in [5.74, 6) is -1.17. The zero-order valence-electron chi connectivity index (χ0n) is 15.5. The SMILES string of the molecule is C[C@H](OC(=O)c1cc2ccccc2c(=O)[nH]1)C(=O)Nc1ccc2c(c1)CCC2. The zero-order chi connectivity index (χ0) is 19.7. The fourth-order valence-electron chi connectivity index (χ4n) is 3.49. The van der Waals surface area contributed by atoms with E-state index in [1.54, 1.807) is 30.3 Å². The van der Waals surface area contributed by atoms with Crippen LogP contribution in [0, 0.1) is 0 Å². The molecule has 6 nitrogen and oxygen atoms in total. The number of ether oxygens (including phenoxy) is 1. The highest BCUT2D eigenvalue weighted by Crippen LogP contribution is 2.25. The zero-order valence-corrected chi connectivity index (χ0v) is 15.5. The van der Waals surface area contributed by atoms with Crippen molar-refractivity contribution < 1.29 is 14.3 Å². The van der Waals surface area contributed by atoms with Crippen molar-refractivity contribution in [2.45, 2.75) is 32.3 Å². The van der Waals surface area contributed by atoms with Gasteiger partial charge in [0.15, 0.2) is 6.10 Å². The lowest BCUT2D eigenvalue weighted by Gasteiger charge is -2.14. The van der Waals surface area contributed by atoms with E-state index in [0.717, 1.165) is 19.3 Å². The Kier molecular flexibility index (Phi) is 4.69. The second-order valence-electron chi connectivity index (χ2n) is 6.97. The van der Waals surface area contributed by atoms with Gasteiger partial charge in [0.2, 0.25) is 0 Å². The number of rotatable bonds is 4. The van der Waals surface area contributed by atoms with E-state index in [9.17, 15) is 14.4 Å². The Labute approximate surface area is 161 Å². The summed E-state index contributed by atoms with van der Waals surface area (Å²) in [6.07, 6.45) is 2.21. The average molecular weight is 376 g/mol. The number of benzene rings is 2. The van der Waals surface area contributed by atoms with Crippen LogP contribution in [0.5, 0.6) is 0 Å². The van der Waals surface area contributed by atoms with Gasteiger partial charge in [-0.05, 0) is 67.0 Å². The minimum absolute atomic E-state index is 0.0147. The number of aryl methyl sites for hydroxylation is 2. The molecule has 0 spiro atoms. The quantitative estimate of drug-likeness (QED) is 0.685. The molecule has 1 aliphatic rings. The molecule has 0 saturated heterocycles. The standard InChI is InChI=1S/C22H20N2O4/c1-13(20(25)23-17-10-9-14-6-4-7-15(14)11-17)28-22(27)19-12-16-5-2-3-8-18(16)21(26)24-19/h2-3,5,8-13H,4,6-7H2,1H3,(H,23,25)(H,24,26)/t13-/m0/s1. The summed E-state index contributed by atoms with van der Waals surface area (Å²) in [5, 5.41) is 3.90.